The minimum Gasteiger partial charge on any atom is -0.457 e. The van der Waals surface area contributed by atoms with Gasteiger partial charge in [0.25, 0.3) is 0 Å². The highest BCUT2D eigenvalue weighted by molar-refractivity contribution is 7.47. The number of esters is 1. The van der Waals surface area contributed by atoms with Crippen LogP contribution in [-0.4, -0.2) is 98.9 Å². The van der Waals surface area contributed by atoms with Crippen molar-refractivity contribution in [2.45, 2.75) is 230 Å². The van der Waals surface area contributed by atoms with Crippen molar-refractivity contribution in [3.8, 4) is 0 Å². The Balaban J connectivity index is 2.38. The van der Waals surface area contributed by atoms with Crippen molar-refractivity contribution in [2.75, 3.05) is 19.8 Å². The average molecular weight is 913 g/mol. The van der Waals surface area contributed by atoms with Crippen molar-refractivity contribution in [3.63, 3.8) is 0 Å². The molecule has 13 heteroatoms. The van der Waals surface area contributed by atoms with Crippen LogP contribution in [0.5, 0.6) is 0 Å². The van der Waals surface area contributed by atoms with Gasteiger partial charge >= 0.3 is 13.8 Å². The third-order valence-corrected chi connectivity index (χ3v) is 12.1. The van der Waals surface area contributed by atoms with E-state index in [0.29, 0.717) is 13.0 Å². The fourth-order valence-corrected chi connectivity index (χ4v) is 8.20. The SMILES string of the molecule is CC/C=C\C/C=C\C/C=C\C/C=C\CCCCCCCCCOCC(COP(=O)(O)OC1C(O)C(O)C(O)C(O)C1O)OC(=O)CCCCCCC/C=C\CCCCCCCCC. The maximum absolute atomic E-state index is 12.8. The largest absolute Gasteiger partial charge is 0.472 e. The summed E-state index contributed by atoms with van der Waals surface area (Å²) in [7, 11) is -5.03. The number of carbonyl (C=O) groups excluding carboxylic acids is 1. The van der Waals surface area contributed by atoms with E-state index in [2.05, 4.69) is 74.6 Å². The van der Waals surface area contributed by atoms with E-state index in [1.807, 2.05) is 0 Å². The molecule has 1 aliphatic carbocycles. The number of phosphoric acid groups is 1. The molecule has 0 spiro atoms. The minimum absolute atomic E-state index is 0.0895. The van der Waals surface area contributed by atoms with Crippen LogP contribution in [0.25, 0.3) is 0 Å². The molecule has 366 valence electrons. The molecule has 1 aliphatic rings. The van der Waals surface area contributed by atoms with E-state index < -0.39 is 63.1 Å². The van der Waals surface area contributed by atoms with Crippen LogP contribution in [0.1, 0.15) is 187 Å². The van der Waals surface area contributed by atoms with Crippen molar-refractivity contribution >= 4 is 13.8 Å². The van der Waals surface area contributed by atoms with Crippen LogP contribution in [0.2, 0.25) is 0 Å². The summed E-state index contributed by atoms with van der Waals surface area (Å²) in [5, 5.41) is 50.2. The topological polar surface area (TPSA) is 192 Å². The third-order valence-electron chi connectivity index (χ3n) is 11.1. The van der Waals surface area contributed by atoms with E-state index >= 15 is 0 Å². The second-order valence-electron chi connectivity index (χ2n) is 16.9. The fourth-order valence-electron chi connectivity index (χ4n) is 7.22. The highest BCUT2D eigenvalue weighted by Gasteiger charge is 2.51. The zero-order valence-electron chi connectivity index (χ0n) is 39.1. The third kappa shape index (κ3) is 32.4. The zero-order valence-corrected chi connectivity index (χ0v) is 40.0. The van der Waals surface area contributed by atoms with Crippen LogP contribution in [-0.2, 0) is 27.9 Å². The molecule has 12 nitrogen and oxygen atoms in total. The first-order chi connectivity index (χ1) is 30.5. The number of carbonyl (C=O) groups is 1. The number of unbranched alkanes of at least 4 members (excludes halogenated alkanes) is 19. The Morgan fingerprint density at radius 3 is 1.44 bits per heavy atom. The Labute approximate surface area is 381 Å². The normalized spacial score (nSPS) is 22.3. The lowest BCUT2D eigenvalue weighted by atomic mass is 9.85. The number of rotatable bonds is 41. The molecule has 1 fully saturated rings. The van der Waals surface area contributed by atoms with E-state index in [1.165, 1.54) is 64.2 Å². The summed E-state index contributed by atoms with van der Waals surface area (Å²) in [4.78, 5) is 23.2. The van der Waals surface area contributed by atoms with Crippen LogP contribution in [0.4, 0.5) is 0 Å². The van der Waals surface area contributed by atoms with Crippen molar-refractivity contribution in [1.82, 2.24) is 0 Å². The predicted octanol–water partition coefficient (Wildman–Crippen LogP) is 10.6. The van der Waals surface area contributed by atoms with E-state index in [-0.39, 0.29) is 13.0 Å². The average Bonchev–Trinajstić information content (AvgIpc) is 3.27. The smallest absolute Gasteiger partial charge is 0.457 e. The van der Waals surface area contributed by atoms with Gasteiger partial charge in [0.05, 0.1) is 13.2 Å². The van der Waals surface area contributed by atoms with E-state index in [0.717, 1.165) is 96.3 Å². The molecule has 0 radical (unpaired) electrons. The lowest BCUT2D eigenvalue weighted by Gasteiger charge is -2.41. The standard InChI is InChI=1S/C50H89O12P/c1-3-5-7-9-11-13-15-17-19-21-22-23-24-26-28-30-32-34-36-38-40-59-41-43(42-60-63(57,58)62-50-48(55)46(53)45(52)47(54)49(50)56)61-44(51)39-37-35-33-31-29-27-25-20-18-16-14-12-10-8-6-4-2/h5,7,11,13,17,19-20,22-23,25,43,45-50,52-56H,3-4,6,8-10,12,14-16,18,21,24,26-42H2,1-2H3,(H,57,58)/b7-5-,13-11-,19-17-,23-22-,25-20-. The molecule has 6 N–H and O–H groups in total. The first-order valence-corrected chi connectivity index (χ1v) is 26.1. The van der Waals surface area contributed by atoms with Crippen molar-refractivity contribution < 1.29 is 58.3 Å². The van der Waals surface area contributed by atoms with Gasteiger partial charge in [-0.05, 0) is 77.0 Å². The number of aliphatic hydroxyl groups is 5. The Hall–Kier alpha value is -1.96. The summed E-state index contributed by atoms with van der Waals surface area (Å²) in [5.74, 6) is -0.491. The molecule has 1 rings (SSSR count). The molecule has 0 aromatic rings. The van der Waals surface area contributed by atoms with Crippen LogP contribution >= 0.6 is 7.82 Å². The quantitative estimate of drug-likeness (QED) is 0.0147. The summed E-state index contributed by atoms with van der Waals surface area (Å²) in [6.07, 6.45) is 38.5. The molecule has 0 saturated heterocycles. The number of hydrogen-bond acceptors (Lipinski definition) is 11. The minimum atomic E-state index is -5.03. The maximum Gasteiger partial charge on any atom is 0.472 e. The van der Waals surface area contributed by atoms with Gasteiger partial charge < -0.3 is 39.9 Å². The van der Waals surface area contributed by atoms with Gasteiger partial charge in [-0.15, -0.1) is 0 Å². The summed E-state index contributed by atoms with van der Waals surface area (Å²) in [5.41, 5.74) is 0. The van der Waals surface area contributed by atoms with Gasteiger partial charge in [0, 0.05) is 13.0 Å². The van der Waals surface area contributed by atoms with Crippen LogP contribution in [0, 0.1) is 0 Å². The van der Waals surface area contributed by atoms with Crippen molar-refractivity contribution in [2.24, 2.45) is 0 Å². The molecule has 0 aliphatic heterocycles. The molecule has 0 aromatic carbocycles. The second kappa shape index (κ2) is 40.3. The molecule has 6 atom stereocenters. The van der Waals surface area contributed by atoms with Gasteiger partial charge in [-0.3, -0.25) is 13.8 Å². The number of aliphatic hydroxyl groups excluding tert-OH is 5. The molecule has 0 aromatic heterocycles. The first kappa shape index (κ1) is 59.1. The van der Waals surface area contributed by atoms with Gasteiger partial charge in [0.15, 0.2) is 0 Å². The fraction of sp³-hybridized carbons (Fsp3) is 0.780. The number of allylic oxidation sites excluding steroid dienone is 10. The highest BCUT2D eigenvalue weighted by Crippen LogP contribution is 2.47. The molecule has 1 saturated carbocycles. The Morgan fingerprint density at radius 1 is 0.524 bits per heavy atom. The van der Waals surface area contributed by atoms with Gasteiger partial charge in [0.1, 0.15) is 42.7 Å². The van der Waals surface area contributed by atoms with Crippen molar-refractivity contribution in [1.29, 1.82) is 0 Å². The molecule has 0 bridgehead atoms. The second-order valence-corrected chi connectivity index (χ2v) is 18.3. The van der Waals surface area contributed by atoms with E-state index in [1.54, 1.807) is 0 Å². The maximum atomic E-state index is 12.8. The van der Waals surface area contributed by atoms with Gasteiger partial charge in [-0.1, -0.05) is 164 Å². The van der Waals surface area contributed by atoms with Gasteiger partial charge in [-0.2, -0.15) is 0 Å². The monoisotopic (exact) mass is 913 g/mol. The van der Waals surface area contributed by atoms with Crippen LogP contribution in [0.15, 0.2) is 60.8 Å². The van der Waals surface area contributed by atoms with Crippen LogP contribution < -0.4 is 0 Å². The summed E-state index contributed by atoms with van der Waals surface area (Å²) >= 11 is 0. The molecule has 0 heterocycles. The van der Waals surface area contributed by atoms with Crippen molar-refractivity contribution in [3.05, 3.63) is 60.8 Å². The Kier molecular flexibility index (Phi) is 37.8. The zero-order chi connectivity index (χ0) is 46.2. The summed E-state index contributed by atoms with van der Waals surface area (Å²) in [6, 6.07) is 0. The molecule has 6 unspecified atom stereocenters. The van der Waals surface area contributed by atoms with E-state index in [4.69, 9.17) is 18.5 Å². The Bertz CT molecular complexity index is 1270. The number of phosphoric ester groups is 1. The Morgan fingerprint density at radius 2 is 0.937 bits per heavy atom. The predicted molar refractivity (Wildman–Crippen MR) is 253 cm³/mol. The number of ether oxygens (including phenoxy) is 2. The lowest BCUT2D eigenvalue weighted by Crippen LogP contribution is -2.64. The highest BCUT2D eigenvalue weighted by atomic mass is 31.2. The van der Waals surface area contributed by atoms with Crippen LogP contribution in [0.3, 0.4) is 0 Å². The number of hydrogen-bond donors (Lipinski definition) is 6. The van der Waals surface area contributed by atoms with Gasteiger partial charge in [-0.25, -0.2) is 4.57 Å². The molecular formula is C50H89O12P. The lowest BCUT2D eigenvalue weighted by molar-refractivity contribution is -0.220. The van der Waals surface area contributed by atoms with E-state index in [9.17, 15) is 39.8 Å². The molecule has 0 amide bonds. The summed E-state index contributed by atoms with van der Waals surface area (Å²) in [6.45, 7) is 4.11. The molecule has 63 heavy (non-hydrogen) atoms. The first-order valence-electron chi connectivity index (χ1n) is 24.6. The summed E-state index contributed by atoms with van der Waals surface area (Å²) < 4.78 is 34.2. The molecular weight excluding hydrogens is 824 g/mol. The van der Waals surface area contributed by atoms with Gasteiger partial charge in [0.2, 0.25) is 0 Å².